The summed E-state index contributed by atoms with van der Waals surface area (Å²) in [5.41, 5.74) is -1.03. The zero-order valence-corrected chi connectivity index (χ0v) is 13.7. The van der Waals surface area contributed by atoms with Gasteiger partial charge in [0.1, 0.15) is 11.9 Å². The number of piperidine rings is 1. The lowest BCUT2D eigenvalue weighted by atomic mass is 9.97. The van der Waals surface area contributed by atoms with E-state index >= 15 is 0 Å². The van der Waals surface area contributed by atoms with Gasteiger partial charge < -0.3 is 19.7 Å². The molecule has 6 heteroatoms. The molecule has 0 bridgehead atoms. The Bertz CT molecular complexity index is 452. The lowest BCUT2D eigenvalue weighted by Crippen LogP contribution is -2.47. The molecule has 2 amide bonds. The maximum Gasteiger partial charge on any atom is 0.407 e. The molecule has 2 fully saturated rings. The molecule has 0 spiro atoms. The maximum atomic E-state index is 12.7. The predicted octanol–water partition coefficient (Wildman–Crippen LogP) is 1.73. The van der Waals surface area contributed by atoms with Crippen molar-refractivity contribution in [2.24, 2.45) is 11.3 Å². The predicted molar refractivity (Wildman–Crippen MR) is 81.3 cm³/mol. The molecular weight excluding hydrogens is 284 g/mol. The Morgan fingerprint density at radius 1 is 1.36 bits per heavy atom. The van der Waals surface area contributed by atoms with Crippen LogP contribution in [0.4, 0.5) is 4.79 Å². The van der Waals surface area contributed by atoms with Crippen LogP contribution in [0.15, 0.2) is 0 Å². The number of rotatable bonds is 4. The molecule has 1 saturated carbocycles. The van der Waals surface area contributed by atoms with Crippen LogP contribution in [0, 0.1) is 11.3 Å². The fourth-order valence-corrected chi connectivity index (χ4v) is 2.81. The molecule has 1 atom stereocenters. The van der Waals surface area contributed by atoms with E-state index in [0.717, 1.165) is 32.0 Å². The van der Waals surface area contributed by atoms with Crippen LogP contribution in [0.3, 0.4) is 0 Å². The first kappa shape index (κ1) is 16.8. The molecule has 2 rings (SSSR count). The van der Waals surface area contributed by atoms with E-state index in [1.807, 2.05) is 0 Å². The number of hydrogen-bond donors (Lipinski definition) is 1. The highest BCUT2D eigenvalue weighted by molar-refractivity contribution is 5.86. The summed E-state index contributed by atoms with van der Waals surface area (Å²) in [7, 11) is 0. The summed E-state index contributed by atoms with van der Waals surface area (Å²) in [6.07, 6.45) is 3.74. The molecule has 0 aromatic heterocycles. The van der Waals surface area contributed by atoms with Crippen molar-refractivity contribution in [3.05, 3.63) is 0 Å². The van der Waals surface area contributed by atoms with Crippen LogP contribution in [-0.2, 0) is 14.3 Å². The van der Waals surface area contributed by atoms with Gasteiger partial charge in [-0.15, -0.1) is 0 Å². The Kier molecular flexibility index (Phi) is 4.78. The van der Waals surface area contributed by atoms with Crippen molar-refractivity contribution in [3.63, 3.8) is 0 Å². The summed E-state index contributed by atoms with van der Waals surface area (Å²) in [6.45, 7) is 6.94. The number of ether oxygens (including phenoxy) is 1. The lowest BCUT2D eigenvalue weighted by Gasteiger charge is -2.33. The number of alkyl carbamates (subject to hydrolysis) is 1. The summed E-state index contributed by atoms with van der Waals surface area (Å²) in [4.78, 5) is 37.1. The van der Waals surface area contributed by atoms with Gasteiger partial charge >= 0.3 is 6.09 Å². The molecule has 1 N–H and O–H groups in total. The highest BCUT2D eigenvalue weighted by atomic mass is 16.6. The largest absolute Gasteiger partial charge is 0.444 e. The van der Waals surface area contributed by atoms with E-state index in [2.05, 4.69) is 5.32 Å². The van der Waals surface area contributed by atoms with E-state index in [9.17, 15) is 14.4 Å². The highest BCUT2D eigenvalue weighted by Gasteiger charge is 2.52. The smallest absolute Gasteiger partial charge is 0.407 e. The molecule has 0 unspecified atom stereocenters. The zero-order chi connectivity index (χ0) is 16.4. The monoisotopic (exact) mass is 310 g/mol. The molecule has 6 nitrogen and oxygen atoms in total. The third kappa shape index (κ3) is 4.21. The van der Waals surface area contributed by atoms with Crippen LogP contribution < -0.4 is 5.32 Å². The molecule has 124 valence electrons. The number of amides is 2. The van der Waals surface area contributed by atoms with Crippen molar-refractivity contribution in [1.82, 2.24) is 10.2 Å². The Balaban J connectivity index is 1.86. The number of nitrogens with one attached hydrogen (secondary N) is 1. The van der Waals surface area contributed by atoms with E-state index in [1.54, 1.807) is 25.7 Å². The fourth-order valence-electron chi connectivity index (χ4n) is 2.81. The number of nitrogens with zero attached hydrogens (tertiary/aromatic N) is 1. The van der Waals surface area contributed by atoms with Gasteiger partial charge in [-0.3, -0.25) is 4.79 Å². The van der Waals surface area contributed by atoms with Crippen molar-refractivity contribution in [3.8, 4) is 0 Å². The molecule has 1 aliphatic carbocycles. The normalized spacial score (nSPS) is 23.6. The molecule has 1 aliphatic heterocycles. The summed E-state index contributed by atoms with van der Waals surface area (Å²) in [5.74, 6) is 0.0161. The van der Waals surface area contributed by atoms with E-state index in [0.29, 0.717) is 19.6 Å². The average Bonchev–Trinajstić information content (AvgIpc) is 3.24. The summed E-state index contributed by atoms with van der Waals surface area (Å²) in [6, 6.07) is 0. The minimum Gasteiger partial charge on any atom is -0.444 e. The number of aldehydes is 1. The second-order valence-electron chi connectivity index (χ2n) is 7.43. The van der Waals surface area contributed by atoms with Gasteiger partial charge in [0.2, 0.25) is 5.91 Å². The molecular formula is C16H26N2O4. The van der Waals surface area contributed by atoms with E-state index in [-0.39, 0.29) is 11.8 Å². The Morgan fingerprint density at radius 3 is 2.59 bits per heavy atom. The van der Waals surface area contributed by atoms with E-state index < -0.39 is 17.1 Å². The quantitative estimate of drug-likeness (QED) is 0.802. The van der Waals surface area contributed by atoms with Gasteiger partial charge in [-0.25, -0.2) is 4.79 Å². The number of carbonyl (C=O) groups excluding carboxylic acids is 3. The first-order valence-electron chi connectivity index (χ1n) is 7.97. The van der Waals surface area contributed by atoms with E-state index in [1.165, 1.54) is 0 Å². The zero-order valence-electron chi connectivity index (χ0n) is 13.7. The summed E-state index contributed by atoms with van der Waals surface area (Å²) in [5, 5.41) is 2.71. The summed E-state index contributed by atoms with van der Waals surface area (Å²) < 4.78 is 5.20. The van der Waals surface area contributed by atoms with Gasteiger partial charge in [0.05, 0.1) is 5.41 Å². The topological polar surface area (TPSA) is 75.7 Å². The van der Waals surface area contributed by atoms with Crippen LogP contribution in [0.5, 0.6) is 0 Å². The van der Waals surface area contributed by atoms with Crippen molar-refractivity contribution >= 4 is 18.3 Å². The first-order valence-corrected chi connectivity index (χ1v) is 7.97. The second kappa shape index (κ2) is 6.26. The third-order valence-electron chi connectivity index (χ3n) is 4.21. The van der Waals surface area contributed by atoms with Crippen molar-refractivity contribution in [1.29, 1.82) is 0 Å². The van der Waals surface area contributed by atoms with Crippen molar-refractivity contribution in [2.45, 2.75) is 52.1 Å². The molecule has 1 heterocycles. The average molecular weight is 310 g/mol. The molecule has 22 heavy (non-hydrogen) atoms. The SMILES string of the molecule is CC(C)(C)OC(=O)NCC1(C(=O)N2CCC[C@H](C=O)C2)CC1. The second-order valence-corrected chi connectivity index (χ2v) is 7.43. The van der Waals surface area contributed by atoms with Gasteiger partial charge in [0.15, 0.2) is 0 Å². The van der Waals surface area contributed by atoms with Crippen LogP contribution in [0.1, 0.15) is 46.5 Å². The summed E-state index contributed by atoms with van der Waals surface area (Å²) >= 11 is 0. The fraction of sp³-hybridized carbons (Fsp3) is 0.812. The Morgan fingerprint density at radius 2 is 2.05 bits per heavy atom. The molecule has 2 aliphatic rings. The van der Waals surface area contributed by atoms with Crippen LogP contribution in [0.25, 0.3) is 0 Å². The molecule has 0 radical (unpaired) electrons. The van der Waals surface area contributed by atoms with Crippen LogP contribution >= 0.6 is 0 Å². The van der Waals surface area contributed by atoms with Gasteiger partial charge in [-0.2, -0.15) is 0 Å². The van der Waals surface area contributed by atoms with Crippen molar-refractivity contribution < 1.29 is 19.1 Å². The van der Waals surface area contributed by atoms with Gasteiger partial charge in [0.25, 0.3) is 0 Å². The maximum absolute atomic E-state index is 12.7. The van der Waals surface area contributed by atoms with Crippen LogP contribution in [0.2, 0.25) is 0 Å². The van der Waals surface area contributed by atoms with Crippen molar-refractivity contribution in [2.75, 3.05) is 19.6 Å². The van der Waals surface area contributed by atoms with Gasteiger partial charge in [-0.05, 0) is 46.5 Å². The minimum atomic E-state index is -0.547. The first-order chi connectivity index (χ1) is 10.3. The lowest BCUT2D eigenvalue weighted by molar-refractivity contribution is -0.139. The molecule has 1 saturated heterocycles. The standard InChI is InChI=1S/C16H26N2O4/c1-15(2,3)22-14(21)17-11-16(6-7-16)13(20)18-8-4-5-12(9-18)10-19/h10,12H,4-9,11H2,1-3H3,(H,17,21)/t12-/m0/s1. The molecule has 0 aromatic rings. The Labute approximate surface area is 131 Å². The number of carbonyl (C=O) groups is 3. The third-order valence-corrected chi connectivity index (χ3v) is 4.21. The van der Waals surface area contributed by atoms with Gasteiger partial charge in [0, 0.05) is 25.6 Å². The Hall–Kier alpha value is -1.59. The van der Waals surface area contributed by atoms with Gasteiger partial charge in [-0.1, -0.05) is 0 Å². The molecule has 0 aromatic carbocycles. The minimum absolute atomic E-state index is 0.0488. The van der Waals surface area contributed by atoms with E-state index in [4.69, 9.17) is 4.74 Å². The highest BCUT2D eigenvalue weighted by Crippen LogP contribution is 2.47. The number of hydrogen-bond acceptors (Lipinski definition) is 4. The van der Waals surface area contributed by atoms with Crippen LogP contribution in [-0.4, -0.2) is 48.4 Å². The number of likely N-dealkylation sites (tertiary alicyclic amines) is 1.